The van der Waals surface area contributed by atoms with E-state index in [1.165, 1.54) is 30.7 Å². The van der Waals surface area contributed by atoms with E-state index in [1.807, 2.05) is 30.6 Å². The van der Waals surface area contributed by atoms with Crippen molar-refractivity contribution in [2.24, 2.45) is 0 Å². The number of thiophene rings is 1. The Morgan fingerprint density at radius 2 is 1.79 bits per heavy atom. The molecule has 0 bridgehead atoms. The van der Waals surface area contributed by atoms with Crippen LogP contribution < -0.4 is 25.5 Å². The van der Waals surface area contributed by atoms with Crippen LogP contribution in [0.3, 0.4) is 0 Å². The van der Waals surface area contributed by atoms with Gasteiger partial charge >= 0.3 is 0 Å². The van der Waals surface area contributed by atoms with E-state index in [0.717, 1.165) is 16.4 Å². The summed E-state index contributed by atoms with van der Waals surface area (Å²) in [6.07, 6.45) is 5.09. The minimum absolute atomic E-state index is 0.310. The smallest absolute Gasteiger partial charge is 0.270 e. The second kappa shape index (κ2) is 10.6. The van der Waals surface area contributed by atoms with E-state index in [2.05, 4.69) is 15.4 Å². The zero-order chi connectivity index (χ0) is 24.0. The number of imidazole rings is 2. The third-order valence-corrected chi connectivity index (χ3v) is 5.56. The molecular formula is C22H26N6O4S. The lowest BCUT2D eigenvalue weighted by atomic mass is 10.1. The van der Waals surface area contributed by atoms with Crippen molar-refractivity contribution in [3.63, 3.8) is 0 Å². The maximum atomic E-state index is 12.3. The molecule has 3 N–H and O–H groups in total. The van der Waals surface area contributed by atoms with Gasteiger partial charge in [-0.25, -0.2) is 14.6 Å². The molecule has 0 fully saturated rings. The van der Waals surface area contributed by atoms with Crippen molar-refractivity contribution in [1.29, 1.82) is 0 Å². The average molecular weight is 471 g/mol. The molecule has 0 radical (unpaired) electrons. The number of hydrogen-bond acceptors (Lipinski definition) is 8. The Labute approximate surface area is 195 Å². The lowest BCUT2D eigenvalue weighted by molar-refractivity contribution is 0.101. The number of aryl methyl sites for hydroxylation is 2. The highest BCUT2D eigenvalue weighted by molar-refractivity contribution is 7.13. The van der Waals surface area contributed by atoms with Crippen LogP contribution in [-0.2, 0) is 0 Å². The highest BCUT2D eigenvalue weighted by Crippen LogP contribution is 2.38. The van der Waals surface area contributed by atoms with Gasteiger partial charge in [-0.05, 0) is 37.4 Å². The lowest BCUT2D eigenvalue weighted by Crippen LogP contribution is -2.23. The minimum Gasteiger partial charge on any atom is -0.493 e. The second-order valence-electron chi connectivity index (χ2n) is 6.76. The van der Waals surface area contributed by atoms with E-state index in [4.69, 9.17) is 20.1 Å². The number of carbonyl (C=O) groups is 1. The number of nitrogens with one attached hydrogen (secondary N) is 1. The Morgan fingerprint density at radius 3 is 2.24 bits per heavy atom. The first-order valence-electron chi connectivity index (χ1n) is 9.84. The minimum atomic E-state index is -0.310. The van der Waals surface area contributed by atoms with Gasteiger partial charge in [-0.3, -0.25) is 14.9 Å². The Bertz CT molecular complexity index is 1170. The summed E-state index contributed by atoms with van der Waals surface area (Å²) in [5.41, 5.74) is 4.05. The third-order valence-electron chi connectivity index (χ3n) is 4.67. The van der Waals surface area contributed by atoms with Gasteiger partial charge in [-0.1, -0.05) is 6.07 Å². The molecule has 0 aliphatic carbocycles. The quantitative estimate of drug-likeness (QED) is 0.415. The van der Waals surface area contributed by atoms with Crippen LogP contribution in [0.2, 0.25) is 0 Å². The highest BCUT2D eigenvalue weighted by atomic mass is 32.1. The van der Waals surface area contributed by atoms with Crippen molar-refractivity contribution < 1.29 is 19.0 Å². The van der Waals surface area contributed by atoms with E-state index in [9.17, 15) is 4.79 Å². The van der Waals surface area contributed by atoms with Crippen LogP contribution in [0.15, 0.2) is 48.2 Å². The summed E-state index contributed by atoms with van der Waals surface area (Å²) < 4.78 is 18.7. The molecule has 0 unspecified atom stereocenters. The number of hydrogen-bond donors (Lipinski definition) is 2. The van der Waals surface area contributed by atoms with E-state index in [0.29, 0.717) is 28.6 Å². The number of nitrogens with zero attached hydrogens (tertiary/aromatic N) is 4. The summed E-state index contributed by atoms with van der Waals surface area (Å²) in [6, 6.07) is 7.21. The van der Waals surface area contributed by atoms with Crippen molar-refractivity contribution in [1.82, 2.24) is 19.3 Å². The summed E-state index contributed by atoms with van der Waals surface area (Å²) in [5, 5.41) is 2.03. The molecule has 0 spiro atoms. The molecule has 33 heavy (non-hydrogen) atoms. The third kappa shape index (κ3) is 5.44. The fourth-order valence-electron chi connectivity index (χ4n) is 2.91. The highest BCUT2D eigenvalue weighted by Gasteiger charge is 2.17. The van der Waals surface area contributed by atoms with E-state index in [-0.39, 0.29) is 5.91 Å². The average Bonchev–Trinajstić information content (AvgIpc) is 3.56. The molecule has 1 amide bonds. The van der Waals surface area contributed by atoms with Crippen molar-refractivity contribution in [3.05, 3.63) is 65.4 Å². The van der Waals surface area contributed by atoms with Gasteiger partial charge in [0.2, 0.25) is 5.75 Å². The molecule has 0 aliphatic heterocycles. The van der Waals surface area contributed by atoms with Gasteiger partial charge < -0.3 is 20.1 Å². The molecule has 0 atom stereocenters. The summed E-state index contributed by atoms with van der Waals surface area (Å²) in [5.74, 6) is 8.09. The molecule has 10 nitrogen and oxygen atoms in total. The first-order valence-corrected chi connectivity index (χ1v) is 10.7. The van der Waals surface area contributed by atoms with Crippen LogP contribution in [0.25, 0.3) is 10.6 Å². The predicted octanol–water partition coefficient (Wildman–Crippen LogP) is 3.24. The summed E-state index contributed by atoms with van der Waals surface area (Å²) >= 11 is 1.67. The number of nitrogens with two attached hydrogens (primary N) is 1. The molecule has 0 saturated carbocycles. The maximum absolute atomic E-state index is 12.3. The standard InChI is InChI=1S/C14H17N3O4.C8H9N3S/c1-9-15-5-6-17(9)16-14(18)10-7-11(19-2)13(21-4)12(8-10)20-3;1-6-10-7(5-11(6)9)8-3-2-4-12-8/h5-8H,1-4H3,(H,16,18);2-5H,9H2,1H3. The maximum Gasteiger partial charge on any atom is 0.270 e. The molecule has 0 saturated heterocycles. The van der Waals surface area contributed by atoms with Crippen molar-refractivity contribution in [3.8, 4) is 27.8 Å². The molecule has 3 heterocycles. The summed E-state index contributed by atoms with van der Waals surface area (Å²) in [6.45, 7) is 3.67. The zero-order valence-electron chi connectivity index (χ0n) is 19.0. The topological polar surface area (TPSA) is 118 Å². The summed E-state index contributed by atoms with van der Waals surface area (Å²) in [4.78, 5) is 21.8. The van der Waals surface area contributed by atoms with E-state index in [1.54, 1.807) is 42.8 Å². The van der Waals surface area contributed by atoms with E-state index >= 15 is 0 Å². The van der Waals surface area contributed by atoms with Crippen LogP contribution >= 0.6 is 11.3 Å². The number of benzene rings is 1. The number of aromatic nitrogens is 4. The van der Waals surface area contributed by atoms with Gasteiger partial charge in [-0.15, -0.1) is 11.3 Å². The van der Waals surface area contributed by atoms with Gasteiger partial charge in [-0.2, -0.15) is 0 Å². The van der Waals surface area contributed by atoms with Gasteiger partial charge in [0.25, 0.3) is 5.91 Å². The predicted molar refractivity (Wildman–Crippen MR) is 127 cm³/mol. The number of ether oxygens (including phenoxy) is 3. The van der Waals surface area contributed by atoms with E-state index < -0.39 is 0 Å². The number of methoxy groups -OCH3 is 3. The Hall–Kier alpha value is -3.99. The van der Waals surface area contributed by atoms with Gasteiger partial charge in [0.1, 0.15) is 17.3 Å². The SMILES string of the molecule is COc1cc(C(=O)Nn2ccnc2C)cc(OC)c1OC.Cc1nc(-c2cccs2)cn1N. The molecule has 174 valence electrons. The first kappa shape index (κ1) is 23.7. The lowest BCUT2D eigenvalue weighted by Gasteiger charge is -2.14. The molecular weight excluding hydrogens is 444 g/mol. The molecule has 1 aromatic carbocycles. The summed E-state index contributed by atoms with van der Waals surface area (Å²) in [7, 11) is 4.51. The number of nitrogen functional groups attached to an aromatic ring is 1. The Morgan fingerprint density at radius 1 is 1.09 bits per heavy atom. The number of rotatable bonds is 6. The van der Waals surface area contributed by atoms with Crippen molar-refractivity contribution in [2.75, 3.05) is 32.6 Å². The van der Waals surface area contributed by atoms with Crippen molar-refractivity contribution >= 4 is 17.2 Å². The largest absolute Gasteiger partial charge is 0.493 e. The molecule has 3 aromatic heterocycles. The van der Waals surface area contributed by atoms with Gasteiger partial charge in [0, 0.05) is 18.0 Å². The van der Waals surface area contributed by atoms with Gasteiger partial charge in [0.05, 0.1) is 32.4 Å². The van der Waals surface area contributed by atoms with Crippen LogP contribution in [0, 0.1) is 13.8 Å². The van der Waals surface area contributed by atoms with Crippen molar-refractivity contribution in [2.45, 2.75) is 13.8 Å². The molecule has 4 aromatic rings. The van der Waals surface area contributed by atoms with Crippen LogP contribution in [0.1, 0.15) is 22.0 Å². The number of amides is 1. The van der Waals surface area contributed by atoms with Crippen LogP contribution in [0.5, 0.6) is 17.2 Å². The monoisotopic (exact) mass is 470 g/mol. The molecule has 11 heteroatoms. The van der Waals surface area contributed by atoms with Crippen LogP contribution in [-0.4, -0.2) is 46.6 Å². The fraction of sp³-hybridized carbons (Fsp3) is 0.227. The second-order valence-corrected chi connectivity index (χ2v) is 7.71. The fourth-order valence-corrected chi connectivity index (χ4v) is 3.59. The van der Waals surface area contributed by atoms with Gasteiger partial charge in [0.15, 0.2) is 11.5 Å². The number of carbonyl (C=O) groups excluding carboxylic acids is 1. The zero-order valence-corrected chi connectivity index (χ0v) is 19.8. The molecule has 0 aliphatic rings. The molecule has 4 rings (SSSR count). The van der Waals surface area contributed by atoms with Crippen LogP contribution in [0.4, 0.5) is 0 Å². The normalized spacial score (nSPS) is 10.2. The first-order chi connectivity index (χ1) is 15.9. The Kier molecular flexibility index (Phi) is 7.57. The Balaban J connectivity index is 0.000000215.